The van der Waals surface area contributed by atoms with Gasteiger partial charge in [0.25, 0.3) is 5.92 Å². The molecule has 2 N–H and O–H groups in total. The number of halogens is 2. The van der Waals surface area contributed by atoms with Crippen LogP contribution in [0.4, 0.5) is 20.2 Å². The van der Waals surface area contributed by atoms with Gasteiger partial charge in [-0.05, 0) is 30.5 Å². The van der Waals surface area contributed by atoms with Crippen molar-refractivity contribution in [3.8, 4) is 0 Å². The van der Waals surface area contributed by atoms with Crippen LogP contribution in [0.1, 0.15) is 18.9 Å². The molecule has 2 rings (SSSR count). The molecule has 2 nitrogen and oxygen atoms in total. The van der Waals surface area contributed by atoms with Gasteiger partial charge in [-0.1, -0.05) is 6.07 Å². The largest absolute Gasteiger partial charge is 0.399 e. The first kappa shape index (κ1) is 11.2. The summed E-state index contributed by atoms with van der Waals surface area (Å²) in [6, 6.07) is 5.55. The van der Waals surface area contributed by atoms with E-state index in [1.807, 2.05) is 12.1 Å². The number of anilines is 2. The lowest BCUT2D eigenvalue weighted by Gasteiger charge is -2.33. The summed E-state index contributed by atoms with van der Waals surface area (Å²) in [5.41, 5.74) is 8.31. The van der Waals surface area contributed by atoms with E-state index in [4.69, 9.17) is 5.73 Å². The van der Waals surface area contributed by atoms with Crippen LogP contribution in [-0.2, 0) is 6.42 Å². The number of hydrogen-bond acceptors (Lipinski definition) is 2. The summed E-state index contributed by atoms with van der Waals surface area (Å²) < 4.78 is 26.1. The van der Waals surface area contributed by atoms with Crippen LogP contribution in [0.5, 0.6) is 0 Å². The molecule has 1 aliphatic rings. The quantitative estimate of drug-likeness (QED) is 0.785. The second-order valence-electron chi connectivity index (χ2n) is 4.48. The molecule has 4 heteroatoms. The number of fused-ring (bicyclic) bond motifs is 1. The van der Waals surface area contributed by atoms with Crippen molar-refractivity contribution in [3.63, 3.8) is 0 Å². The standard InChI is InChI=1S/C12H16F2N2/c1-12(13,14)8-16-6-2-3-9-4-5-10(15)7-11(9)16/h4-5,7H,2-3,6,8,15H2,1H3. The molecule has 0 spiro atoms. The summed E-state index contributed by atoms with van der Waals surface area (Å²) in [7, 11) is 0. The van der Waals surface area contributed by atoms with Gasteiger partial charge in [0.2, 0.25) is 0 Å². The lowest BCUT2D eigenvalue weighted by Crippen LogP contribution is -2.38. The fourth-order valence-electron chi connectivity index (χ4n) is 2.17. The van der Waals surface area contributed by atoms with Gasteiger partial charge in [-0.25, -0.2) is 8.78 Å². The Balaban J connectivity index is 2.28. The van der Waals surface area contributed by atoms with Crippen molar-refractivity contribution < 1.29 is 8.78 Å². The van der Waals surface area contributed by atoms with Crippen LogP contribution in [0.15, 0.2) is 18.2 Å². The summed E-state index contributed by atoms with van der Waals surface area (Å²) in [6.45, 7) is 1.40. The highest BCUT2D eigenvalue weighted by Gasteiger charge is 2.28. The molecular formula is C12H16F2N2. The van der Waals surface area contributed by atoms with E-state index in [2.05, 4.69) is 0 Å². The molecule has 0 aromatic heterocycles. The van der Waals surface area contributed by atoms with Crippen molar-refractivity contribution in [1.29, 1.82) is 0 Å². The molecule has 0 unspecified atom stereocenters. The topological polar surface area (TPSA) is 29.3 Å². The molecule has 0 aliphatic carbocycles. The van der Waals surface area contributed by atoms with Crippen molar-refractivity contribution in [2.45, 2.75) is 25.7 Å². The molecule has 0 atom stereocenters. The van der Waals surface area contributed by atoms with Gasteiger partial charge in [0.05, 0.1) is 6.54 Å². The zero-order valence-electron chi connectivity index (χ0n) is 9.34. The molecule has 88 valence electrons. The first-order valence-electron chi connectivity index (χ1n) is 5.47. The average Bonchev–Trinajstić information content (AvgIpc) is 2.17. The van der Waals surface area contributed by atoms with E-state index in [0.29, 0.717) is 12.2 Å². The summed E-state index contributed by atoms with van der Waals surface area (Å²) in [6.07, 6.45) is 1.87. The molecule has 1 heterocycles. The van der Waals surface area contributed by atoms with Crippen LogP contribution in [0.2, 0.25) is 0 Å². The van der Waals surface area contributed by atoms with Gasteiger partial charge in [-0.2, -0.15) is 0 Å². The summed E-state index contributed by atoms with van der Waals surface area (Å²) >= 11 is 0. The maximum Gasteiger partial charge on any atom is 0.262 e. The lowest BCUT2D eigenvalue weighted by molar-refractivity contribution is 0.0296. The third-order valence-electron chi connectivity index (χ3n) is 2.79. The normalized spacial score (nSPS) is 16.1. The molecule has 1 aromatic carbocycles. The number of nitrogen functional groups attached to an aromatic ring is 1. The predicted molar refractivity (Wildman–Crippen MR) is 62.0 cm³/mol. The van der Waals surface area contributed by atoms with E-state index < -0.39 is 5.92 Å². The molecule has 0 saturated carbocycles. The Morgan fingerprint density at radius 1 is 1.44 bits per heavy atom. The van der Waals surface area contributed by atoms with Crippen LogP contribution in [-0.4, -0.2) is 19.0 Å². The molecule has 1 aromatic rings. The minimum absolute atomic E-state index is 0.233. The molecule has 0 amide bonds. The maximum absolute atomic E-state index is 13.0. The highest BCUT2D eigenvalue weighted by molar-refractivity contribution is 5.62. The first-order chi connectivity index (χ1) is 7.46. The molecule has 0 saturated heterocycles. The van der Waals surface area contributed by atoms with Gasteiger partial charge < -0.3 is 10.6 Å². The summed E-state index contributed by atoms with van der Waals surface area (Å²) in [5, 5.41) is 0. The van der Waals surface area contributed by atoms with Gasteiger partial charge in [0, 0.05) is 24.8 Å². The second kappa shape index (κ2) is 3.92. The first-order valence-corrected chi connectivity index (χ1v) is 5.47. The van der Waals surface area contributed by atoms with Gasteiger partial charge in [-0.3, -0.25) is 0 Å². The fourth-order valence-corrected chi connectivity index (χ4v) is 2.17. The Bertz CT molecular complexity index is 385. The van der Waals surface area contributed by atoms with Crippen LogP contribution in [0, 0.1) is 0 Å². The van der Waals surface area contributed by atoms with Gasteiger partial charge in [-0.15, -0.1) is 0 Å². The number of rotatable bonds is 2. The Labute approximate surface area is 94.0 Å². The van der Waals surface area contributed by atoms with E-state index in [1.54, 1.807) is 11.0 Å². The Kier molecular flexibility index (Phi) is 2.74. The van der Waals surface area contributed by atoms with E-state index in [9.17, 15) is 8.78 Å². The van der Waals surface area contributed by atoms with Crippen molar-refractivity contribution in [2.24, 2.45) is 0 Å². The number of aryl methyl sites for hydroxylation is 1. The van der Waals surface area contributed by atoms with Crippen molar-refractivity contribution in [3.05, 3.63) is 23.8 Å². The number of alkyl halides is 2. The molecular weight excluding hydrogens is 210 g/mol. The maximum atomic E-state index is 13.0. The van der Waals surface area contributed by atoms with Gasteiger partial charge in [0.1, 0.15) is 0 Å². The zero-order valence-corrected chi connectivity index (χ0v) is 9.34. The third-order valence-corrected chi connectivity index (χ3v) is 2.79. The third kappa shape index (κ3) is 2.43. The molecule has 1 aliphatic heterocycles. The number of hydrogen-bond donors (Lipinski definition) is 1. The van der Waals surface area contributed by atoms with Crippen LogP contribution >= 0.6 is 0 Å². The minimum Gasteiger partial charge on any atom is -0.399 e. The number of benzene rings is 1. The molecule has 0 fully saturated rings. The number of nitrogens with two attached hydrogens (primary N) is 1. The van der Waals surface area contributed by atoms with Crippen LogP contribution in [0.25, 0.3) is 0 Å². The monoisotopic (exact) mass is 226 g/mol. The van der Waals surface area contributed by atoms with Gasteiger partial charge >= 0.3 is 0 Å². The zero-order chi connectivity index (χ0) is 11.8. The van der Waals surface area contributed by atoms with Crippen LogP contribution < -0.4 is 10.6 Å². The smallest absolute Gasteiger partial charge is 0.262 e. The van der Waals surface area contributed by atoms with E-state index >= 15 is 0 Å². The Morgan fingerprint density at radius 3 is 2.88 bits per heavy atom. The lowest BCUT2D eigenvalue weighted by atomic mass is 10.0. The Morgan fingerprint density at radius 2 is 2.19 bits per heavy atom. The van der Waals surface area contributed by atoms with Crippen molar-refractivity contribution in [1.82, 2.24) is 0 Å². The Hall–Kier alpha value is -1.32. The van der Waals surface area contributed by atoms with E-state index in [1.165, 1.54) is 0 Å². The van der Waals surface area contributed by atoms with Gasteiger partial charge in [0.15, 0.2) is 0 Å². The fraction of sp³-hybridized carbons (Fsp3) is 0.500. The average molecular weight is 226 g/mol. The second-order valence-corrected chi connectivity index (χ2v) is 4.48. The highest BCUT2D eigenvalue weighted by Crippen LogP contribution is 2.30. The SMILES string of the molecule is CC(F)(F)CN1CCCc2ccc(N)cc21. The molecule has 0 radical (unpaired) electrons. The number of nitrogens with zero attached hydrogens (tertiary/aromatic N) is 1. The van der Waals surface area contributed by atoms with Crippen molar-refractivity contribution in [2.75, 3.05) is 23.7 Å². The van der Waals surface area contributed by atoms with E-state index in [0.717, 1.165) is 31.0 Å². The molecule has 0 bridgehead atoms. The van der Waals surface area contributed by atoms with E-state index in [-0.39, 0.29) is 6.54 Å². The molecule has 16 heavy (non-hydrogen) atoms. The summed E-state index contributed by atoms with van der Waals surface area (Å²) in [4.78, 5) is 1.73. The van der Waals surface area contributed by atoms with Crippen molar-refractivity contribution >= 4 is 11.4 Å². The predicted octanol–water partition coefficient (Wildman–Crippen LogP) is 2.68. The highest BCUT2D eigenvalue weighted by atomic mass is 19.3. The summed E-state index contributed by atoms with van der Waals surface area (Å²) in [5.74, 6) is -2.67. The minimum atomic E-state index is -2.67. The van der Waals surface area contributed by atoms with Crippen LogP contribution in [0.3, 0.4) is 0 Å².